The Bertz CT molecular complexity index is 204. The maximum absolute atomic E-state index is 11.0. The van der Waals surface area contributed by atoms with E-state index >= 15 is 0 Å². The van der Waals surface area contributed by atoms with Crippen LogP contribution < -0.4 is 0 Å². The maximum atomic E-state index is 11.0. The molecular formula is C10H19NO2S. The highest BCUT2D eigenvalue weighted by atomic mass is 32.2. The molecule has 0 rings (SSSR count). The monoisotopic (exact) mass is 217 g/mol. The minimum Gasteiger partial charge on any atom is -0.466 e. The smallest absolute Gasteiger partial charge is 0.333 e. The number of rotatable bonds is 6. The van der Waals surface area contributed by atoms with E-state index in [0.29, 0.717) is 5.57 Å². The van der Waals surface area contributed by atoms with Crippen molar-refractivity contribution in [2.45, 2.75) is 6.92 Å². The van der Waals surface area contributed by atoms with Crippen molar-refractivity contribution in [3.8, 4) is 0 Å². The first-order chi connectivity index (χ1) is 6.61. The first-order valence-corrected chi connectivity index (χ1v) is 5.93. The summed E-state index contributed by atoms with van der Waals surface area (Å²) in [6, 6.07) is 0. The van der Waals surface area contributed by atoms with E-state index in [4.69, 9.17) is 0 Å². The Morgan fingerprint density at radius 3 is 2.71 bits per heavy atom. The van der Waals surface area contributed by atoms with Gasteiger partial charge < -0.3 is 9.64 Å². The quantitative estimate of drug-likeness (QED) is 0.497. The number of methoxy groups -OCH3 is 1. The number of esters is 1. The van der Waals surface area contributed by atoms with Crippen molar-refractivity contribution in [1.82, 2.24) is 4.90 Å². The van der Waals surface area contributed by atoms with Gasteiger partial charge in [-0.1, -0.05) is 6.08 Å². The first kappa shape index (κ1) is 13.5. The number of likely N-dealkylation sites (N-methyl/N-ethyl adjacent to an activating group) is 1. The van der Waals surface area contributed by atoms with Crippen molar-refractivity contribution in [3.63, 3.8) is 0 Å². The Morgan fingerprint density at radius 2 is 2.21 bits per heavy atom. The van der Waals surface area contributed by atoms with Crippen LogP contribution in [0.4, 0.5) is 0 Å². The van der Waals surface area contributed by atoms with Crippen LogP contribution in [-0.4, -0.2) is 50.1 Å². The molecule has 0 aromatic carbocycles. The Labute approximate surface area is 90.5 Å². The van der Waals surface area contributed by atoms with Crippen LogP contribution in [-0.2, 0) is 9.53 Å². The minimum absolute atomic E-state index is 0.247. The zero-order valence-electron chi connectivity index (χ0n) is 9.37. The van der Waals surface area contributed by atoms with Gasteiger partial charge in [-0.15, -0.1) is 0 Å². The molecule has 0 aliphatic rings. The minimum atomic E-state index is -0.247. The summed E-state index contributed by atoms with van der Waals surface area (Å²) in [7, 11) is 3.44. The summed E-state index contributed by atoms with van der Waals surface area (Å²) in [5, 5.41) is 0. The molecule has 0 aromatic heterocycles. The SMILES string of the molecule is COC(=O)C(C)=CCN(C)CCSC. The van der Waals surface area contributed by atoms with Gasteiger partial charge in [0.2, 0.25) is 0 Å². The summed E-state index contributed by atoms with van der Waals surface area (Å²) < 4.78 is 4.60. The van der Waals surface area contributed by atoms with E-state index < -0.39 is 0 Å². The van der Waals surface area contributed by atoms with Gasteiger partial charge in [0.25, 0.3) is 0 Å². The molecule has 0 radical (unpaired) electrons. The predicted molar refractivity (Wildman–Crippen MR) is 61.7 cm³/mol. The number of hydrogen-bond acceptors (Lipinski definition) is 4. The van der Waals surface area contributed by atoms with E-state index in [1.165, 1.54) is 7.11 Å². The molecule has 4 heteroatoms. The van der Waals surface area contributed by atoms with Crippen LogP contribution in [0.5, 0.6) is 0 Å². The summed E-state index contributed by atoms with van der Waals surface area (Å²) in [5.74, 6) is 0.866. The normalized spacial score (nSPS) is 11.9. The van der Waals surface area contributed by atoms with Crippen molar-refractivity contribution in [1.29, 1.82) is 0 Å². The largest absolute Gasteiger partial charge is 0.466 e. The van der Waals surface area contributed by atoms with E-state index in [0.717, 1.165) is 18.8 Å². The first-order valence-electron chi connectivity index (χ1n) is 4.54. The van der Waals surface area contributed by atoms with Crippen LogP contribution in [0.2, 0.25) is 0 Å². The summed E-state index contributed by atoms with van der Waals surface area (Å²) in [6.07, 6.45) is 3.98. The van der Waals surface area contributed by atoms with Crippen molar-refractivity contribution >= 4 is 17.7 Å². The van der Waals surface area contributed by atoms with Crippen molar-refractivity contribution < 1.29 is 9.53 Å². The fourth-order valence-corrected chi connectivity index (χ4v) is 1.37. The molecule has 3 nitrogen and oxygen atoms in total. The number of hydrogen-bond donors (Lipinski definition) is 0. The molecule has 0 fully saturated rings. The third kappa shape index (κ3) is 6.05. The third-order valence-corrected chi connectivity index (χ3v) is 2.48. The molecule has 0 N–H and O–H groups in total. The van der Waals surface area contributed by atoms with Crippen LogP contribution in [0.25, 0.3) is 0 Å². The molecule has 82 valence electrons. The fourth-order valence-electron chi connectivity index (χ4n) is 0.875. The molecule has 0 aromatic rings. The molecule has 0 heterocycles. The van der Waals surface area contributed by atoms with E-state index in [1.54, 1.807) is 6.92 Å². The van der Waals surface area contributed by atoms with Crippen molar-refractivity contribution in [3.05, 3.63) is 11.6 Å². The molecule has 0 amide bonds. The van der Waals surface area contributed by atoms with Gasteiger partial charge in [-0.05, 0) is 20.2 Å². The van der Waals surface area contributed by atoms with Crippen LogP contribution in [0, 0.1) is 0 Å². The molecule has 0 bridgehead atoms. The molecular weight excluding hydrogens is 198 g/mol. The van der Waals surface area contributed by atoms with Crippen LogP contribution in [0.1, 0.15) is 6.92 Å². The summed E-state index contributed by atoms with van der Waals surface area (Å²) >= 11 is 1.82. The zero-order chi connectivity index (χ0) is 11.0. The van der Waals surface area contributed by atoms with E-state index in [-0.39, 0.29) is 5.97 Å². The lowest BCUT2D eigenvalue weighted by Gasteiger charge is -2.13. The lowest BCUT2D eigenvalue weighted by atomic mass is 10.3. The van der Waals surface area contributed by atoms with Crippen LogP contribution in [0.15, 0.2) is 11.6 Å². The van der Waals surface area contributed by atoms with Crippen molar-refractivity contribution in [2.24, 2.45) is 0 Å². The highest BCUT2D eigenvalue weighted by Crippen LogP contribution is 1.98. The van der Waals surface area contributed by atoms with Gasteiger partial charge in [0, 0.05) is 24.4 Å². The number of carbonyl (C=O) groups is 1. The van der Waals surface area contributed by atoms with Gasteiger partial charge in [-0.2, -0.15) is 11.8 Å². The molecule has 0 aliphatic carbocycles. The van der Waals surface area contributed by atoms with Gasteiger partial charge in [0.15, 0.2) is 0 Å². The molecule has 0 unspecified atom stereocenters. The highest BCUT2D eigenvalue weighted by Gasteiger charge is 2.02. The summed E-state index contributed by atoms with van der Waals surface area (Å²) in [6.45, 7) is 3.60. The Balaban J connectivity index is 3.83. The predicted octanol–water partition coefficient (Wildman–Crippen LogP) is 1.40. The average Bonchev–Trinajstić information content (AvgIpc) is 2.21. The summed E-state index contributed by atoms with van der Waals surface area (Å²) in [5.41, 5.74) is 0.670. The van der Waals surface area contributed by atoms with Gasteiger partial charge in [-0.3, -0.25) is 0 Å². The van der Waals surface area contributed by atoms with Gasteiger partial charge in [-0.25, -0.2) is 4.79 Å². The molecule has 0 spiro atoms. The average molecular weight is 217 g/mol. The Hall–Kier alpha value is -0.480. The van der Waals surface area contributed by atoms with Crippen molar-refractivity contribution in [2.75, 3.05) is 39.3 Å². The second kappa shape index (κ2) is 7.88. The van der Waals surface area contributed by atoms with Crippen LogP contribution in [0.3, 0.4) is 0 Å². The number of nitrogens with zero attached hydrogens (tertiary/aromatic N) is 1. The second-order valence-corrected chi connectivity index (χ2v) is 4.12. The molecule has 14 heavy (non-hydrogen) atoms. The lowest BCUT2D eigenvalue weighted by Crippen LogP contribution is -2.21. The fraction of sp³-hybridized carbons (Fsp3) is 0.700. The molecule has 0 saturated heterocycles. The van der Waals surface area contributed by atoms with E-state index in [1.807, 2.05) is 24.9 Å². The zero-order valence-corrected chi connectivity index (χ0v) is 10.2. The number of thioether (sulfide) groups is 1. The van der Waals surface area contributed by atoms with Gasteiger partial charge in [0.05, 0.1) is 7.11 Å². The standard InChI is InChI=1S/C10H19NO2S/c1-9(10(12)13-3)5-6-11(2)7-8-14-4/h5H,6-8H2,1-4H3. The lowest BCUT2D eigenvalue weighted by molar-refractivity contribution is -0.136. The molecule has 0 saturated carbocycles. The van der Waals surface area contributed by atoms with Gasteiger partial charge >= 0.3 is 5.97 Å². The topological polar surface area (TPSA) is 29.5 Å². The molecule has 0 aliphatic heterocycles. The van der Waals surface area contributed by atoms with Gasteiger partial charge in [0.1, 0.15) is 0 Å². The third-order valence-electron chi connectivity index (χ3n) is 1.89. The van der Waals surface area contributed by atoms with E-state index in [2.05, 4.69) is 15.9 Å². The van der Waals surface area contributed by atoms with E-state index in [9.17, 15) is 4.79 Å². The maximum Gasteiger partial charge on any atom is 0.333 e. The Kier molecular flexibility index (Phi) is 7.61. The summed E-state index contributed by atoms with van der Waals surface area (Å²) in [4.78, 5) is 13.2. The highest BCUT2D eigenvalue weighted by molar-refractivity contribution is 7.98. The van der Waals surface area contributed by atoms with Crippen LogP contribution >= 0.6 is 11.8 Å². The second-order valence-electron chi connectivity index (χ2n) is 3.13. The Morgan fingerprint density at radius 1 is 1.57 bits per heavy atom. The molecule has 0 atom stereocenters. The number of carbonyl (C=O) groups excluding carboxylic acids is 1. The number of ether oxygens (including phenoxy) is 1.